The molecule has 0 amide bonds. The first-order chi connectivity index (χ1) is 15.0. The van der Waals surface area contributed by atoms with E-state index in [9.17, 15) is 13.2 Å². The van der Waals surface area contributed by atoms with Gasteiger partial charge in [-0.2, -0.15) is 8.78 Å². The van der Waals surface area contributed by atoms with Crippen molar-refractivity contribution >= 4 is 0 Å². The van der Waals surface area contributed by atoms with Gasteiger partial charge in [-0.05, 0) is 54.4 Å². The molecule has 2 saturated carbocycles. The van der Waals surface area contributed by atoms with Crippen LogP contribution in [0.25, 0.3) is 0 Å². The number of rotatable bonds is 7. The molecule has 0 spiro atoms. The summed E-state index contributed by atoms with van der Waals surface area (Å²) in [7, 11) is 0. The van der Waals surface area contributed by atoms with E-state index >= 15 is 4.39 Å². The second kappa shape index (κ2) is 9.89. The molecular weight excluding hydrogens is 404 g/mol. The van der Waals surface area contributed by atoms with Gasteiger partial charge in [-0.15, -0.1) is 0 Å². The zero-order chi connectivity index (χ0) is 21.8. The lowest BCUT2D eigenvalue weighted by molar-refractivity contribution is -0.205. The highest BCUT2D eigenvalue weighted by Crippen LogP contribution is 2.48. The van der Waals surface area contributed by atoms with Crippen molar-refractivity contribution in [1.29, 1.82) is 0 Å². The minimum Gasteiger partial charge on any atom is -0.304 e. The first kappa shape index (κ1) is 22.6. The Balaban J connectivity index is 1.44. The van der Waals surface area contributed by atoms with Gasteiger partial charge in [0.2, 0.25) is 0 Å². The molecule has 0 saturated heterocycles. The predicted octanol–water partition coefficient (Wildman–Crippen LogP) is 8.09. The fourth-order valence-electron chi connectivity index (χ4n) is 5.93. The molecule has 2 unspecified atom stereocenters. The number of benzene rings is 1. The lowest BCUT2D eigenvalue weighted by Crippen LogP contribution is -2.44. The lowest BCUT2D eigenvalue weighted by Gasteiger charge is -2.42. The quantitative estimate of drug-likeness (QED) is 0.310. The Labute approximate surface area is 182 Å². The summed E-state index contributed by atoms with van der Waals surface area (Å²) in [5.41, 5.74) is -1.41. The van der Waals surface area contributed by atoms with Gasteiger partial charge in [0, 0.05) is 5.92 Å². The molecular formula is C26H32F4O. The number of alkyl halides is 2. The average molecular weight is 437 g/mol. The maximum atomic E-state index is 15.4. The molecule has 0 heterocycles. The monoisotopic (exact) mass is 436 g/mol. The standard InChI is InChI=1S/C26H32F4O/c27-23-8-4-3-7-22(23)20-15-16-26(24(28)17-20,31-25(29)30)21-13-11-19(12-14-21)10-9-18-5-1-2-6-18/h3-4,7-8,15-21,25H,1-2,5-6,9-14H2. The molecule has 4 rings (SSSR count). The van der Waals surface area contributed by atoms with Crippen molar-refractivity contribution in [2.75, 3.05) is 0 Å². The van der Waals surface area contributed by atoms with Crippen LogP contribution in [0.15, 0.2) is 48.3 Å². The summed E-state index contributed by atoms with van der Waals surface area (Å²) >= 11 is 0. The van der Waals surface area contributed by atoms with Crippen molar-refractivity contribution in [2.24, 2.45) is 17.8 Å². The van der Waals surface area contributed by atoms with E-state index in [1.807, 2.05) is 0 Å². The summed E-state index contributed by atoms with van der Waals surface area (Å²) < 4.78 is 61.2. The van der Waals surface area contributed by atoms with Crippen LogP contribution < -0.4 is 0 Å². The molecule has 5 heteroatoms. The third-order valence-electron chi connectivity index (χ3n) is 7.71. The number of allylic oxidation sites excluding steroid dienone is 2. The van der Waals surface area contributed by atoms with Crippen LogP contribution in [0.3, 0.4) is 0 Å². The zero-order valence-electron chi connectivity index (χ0n) is 17.9. The van der Waals surface area contributed by atoms with Crippen molar-refractivity contribution in [3.8, 4) is 0 Å². The minimum absolute atomic E-state index is 0.329. The minimum atomic E-state index is -3.08. The van der Waals surface area contributed by atoms with Crippen LogP contribution in [0.1, 0.15) is 75.7 Å². The van der Waals surface area contributed by atoms with Gasteiger partial charge < -0.3 is 4.74 Å². The fraction of sp³-hybridized carbons (Fsp3) is 0.615. The molecule has 31 heavy (non-hydrogen) atoms. The highest BCUT2D eigenvalue weighted by molar-refractivity contribution is 5.39. The number of ether oxygens (including phenoxy) is 1. The second-order valence-electron chi connectivity index (χ2n) is 9.54. The molecule has 0 aliphatic heterocycles. The smallest absolute Gasteiger partial charge is 0.304 e. The topological polar surface area (TPSA) is 9.23 Å². The van der Waals surface area contributed by atoms with Crippen LogP contribution in [-0.4, -0.2) is 12.2 Å². The molecule has 3 aliphatic rings. The van der Waals surface area contributed by atoms with E-state index < -0.39 is 29.8 Å². The molecule has 0 radical (unpaired) electrons. The highest BCUT2D eigenvalue weighted by Gasteiger charge is 2.47. The van der Waals surface area contributed by atoms with Crippen molar-refractivity contribution in [1.82, 2.24) is 0 Å². The van der Waals surface area contributed by atoms with Gasteiger partial charge in [-0.25, -0.2) is 8.78 Å². The first-order valence-corrected chi connectivity index (χ1v) is 11.8. The molecule has 2 fully saturated rings. The Morgan fingerprint density at radius 1 is 0.903 bits per heavy atom. The molecule has 1 aromatic carbocycles. The van der Waals surface area contributed by atoms with E-state index in [1.54, 1.807) is 24.3 Å². The van der Waals surface area contributed by atoms with Gasteiger partial charge in [0.15, 0.2) is 0 Å². The second-order valence-corrected chi connectivity index (χ2v) is 9.54. The van der Waals surface area contributed by atoms with E-state index in [2.05, 4.69) is 0 Å². The molecule has 0 bridgehead atoms. The molecule has 1 nitrogen and oxygen atoms in total. The Kier molecular flexibility index (Phi) is 7.20. The lowest BCUT2D eigenvalue weighted by atomic mass is 9.69. The molecule has 2 atom stereocenters. The van der Waals surface area contributed by atoms with Crippen LogP contribution in [-0.2, 0) is 4.74 Å². The summed E-state index contributed by atoms with van der Waals surface area (Å²) in [6, 6.07) is 6.16. The summed E-state index contributed by atoms with van der Waals surface area (Å²) in [6.45, 7) is -3.08. The van der Waals surface area contributed by atoms with Gasteiger partial charge >= 0.3 is 6.61 Å². The largest absolute Gasteiger partial charge is 0.346 e. The summed E-state index contributed by atoms with van der Waals surface area (Å²) in [4.78, 5) is 0. The Morgan fingerprint density at radius 2 is 1.55 bits per heavy atom. The maximum Gasteiger partial charge on any atom is 0.346 e. The molecule has 170 valence electrons. The zero-order valence-corrected chi connectivity index (χ0v) is 17.9. The number of hydrogen-bond donors (Lipinski definition) is 0. The molecule has 1 aromatic rings. The number of halogens is 4. The van der Waals surface area contributed by atoms with Gasteiger partial charge in [0.1, 0.15) is 17.2 Å². The first-order valence-electron chi connectivity index (χ1n) is 11.8. The third-order valence-corrected chi connectivity index (χ3v) is 7.71. The normalized spacial score (nSPS) is 31.9. The molecule has 0 aromatic heterocycles. The van der Waals surface area contributed by atoms with E-state index in [0.29, 0.717) is 24.3 Å². The average Bonchev–Trinajstić information content (AvgIpc) is 3.28. The van der Waals surface area contributed by atoms with Gasteiger partial charge in [0.25, 0.3) is 0 Å². The van der Waals surface area contributed by atoms with Gasteiger partial charge in [-0.3, -0.25) is 0 Å². The Bertz CT molecular complexity index is 790. The Hall–Kier alpha value is -1.62. The van der Waals surface area contributed by atoms with Crippen LogP contribution in [0.5, 0.6) is 0 Å². The Morgan fingerprint density at radius 3 is 2.16 bits per heavy atom. The third kappa shape index (κ3) is 5.08. The van der Waals surface area contributed by atoms with Crippen molar-refractivity contribution < 1.29 is 22.3 Å². The highest BCUT2D eigenvalue weighted by atomic mass is 19.3. The van der Waals surface area contributed by atoms with Crippen molar-refractivity contribution in [3.05, 3.63) is 59.7 Å². The van der Waals surface area contributed by atoms with Gasteiger partial charge in [-0.1, -0.05) is 75.6 Å². The van der Waals surface area contributed by atoms with Gasteiger partial charge in [0.05, 0.1) is 0 Å². The van der Waals surface area contributed by atoms with Crippen molar-refractivity contribution in [3.63, 3.8) is 0 Å². The molecule has 3 aliphatic carbocycles. The predicted molar refractivity (Wildman–Crippen MR) is 114 cm³/mol. The van der Waals surface area contributed by atoms with E-state index in [1.165, 1.54) is 56.7 Å². The van der Waals surface area contributed by atoms with Crippen LogP contribution in [0, 0.1) is 23.6 Å². The fourth-order valence-corrected chi connectivity index (χ4v) is 5.93. The summed E-state index contributed by atoms with van der Waals surface area (Å²) in [5, 5.41) is 0. The van der Waals surface area contributed by atoms with Crippen LogP contribution in [0.2, 0.25) is 0 Å². The summed E-state index contributed by atoms with van der Waals surface area (Å²) in [5.74, 6) is -0.685. The van der Waals surface area contributed by atoms with E-state index in [-0.39, 0.29) is 5.92 Å². The van der Waals surface area contributed by atoms with E-state index in [4.69, 9.17) is 4.74 Å². The van der Waals surface area contributed by atoms with Crippen LogP contribution >= 0.6 is 0 Å². The summed E-state index contributed by atoms with van der Waals surface area (Å²) in [6.07, 6.45) is 15.3. The molecule has 0 N–H and O–H groups in total. The van der Waals surface area contributed by atoms with Crippen molar-refractivity contribution in [2.45, 2.75) is 82.3 Å². The van der Waals surface area contributed by atoms with E-state index in [0.717, 1.165) is 18.8 Å². The number of hydrogen-bond acceptors (Lipinski definition) is 1. The maximum absolute atomic E-state index is 15.4. The SMILES string of the molecule is FC1=CC(c2ccccc2F)C=CC1(OC(F)F)C1CCC(CCC2CCCC2)CC1. The van der Waals surface area contributed by atoms with Crippen LogP contribution in [0.4, 0.5) is 17.6 Å².